The lowest BCUT2D eigenvalue weighted by Gasteiger charge is -2.08. The summed E-state index contributed by atoms with van der Waals surface area (Å²) in [4.78, 5) is 23.1. The molecule has 98 valence electrons. The first-order valence-corrected chi connectivity index (χ1v) is 6.94. The van der Waals surface area contributed by atoms with Gasteiger partial charge >= 0.3 is 0 Å². The molecule has 18 heavy (non-hydrogen) atoms. The zero-order valence-electron chi connectivity index (χ0n) is 10.5. The predicted octanol–water partition coefficient (Wildman–Crippen LogP) is 1.86. The van der Waals surface area contributed by atoms with Crippen LogP contribution in [-0.2, 0) is 4.79 Å². The molecule has 0 saturated heterocycles. The molecule has 0 saturated carbocycles. The highest BCUT2D eigenvalue weighted by Gasteiger charge is 2.10. The van der Waals surface area contributed by atoms with Crippen molar-refractivity contribution in [3.05, 3.63) is 32.9 Å². The van der Waals surface area contributed by atoms with Crippen molar-refractivity contribution in [2.45, 2.75) is 20.3 Å². The van der Waals surface area contributed by atoms with Crippen LogP contribution in [0, 0.1) is 10.5 Å². The van der Waals surface area contributed by atoms with Gasteiger partial charge in [0, 0.05) is 23.1 Å². The zero-order chi connectivity index (χ0) is 13.5. The Kier molecular flexibility index (Phi) is 6.11. The molecule has 0 radical (unpaired) electrons. The highest BCUT2D eigenvalue weighted by molar-refractivity contribution is 14.1. The summed E-state index contributed by atoms with van der Waals surface area (Å²) in [5, 5.41) is 5.44. The number of halogens is 1. The van der Waals surface area contributed by atoms with Gasteiger partial charge in [-0.2, -0.15) is 0 Å². The third-order valence-electron chi connectivity index (χ3n) is 2.45. The van der Waals surface area contributed by atoms with E-state index in [0.717, 1.165) is 9.13 Å². The number of nitrogens with one attached hydrogen (secondary N) is 2. The van der Waals surface area contributed by atoms with Crippen molar-refractivity contribution in [3.63, 3.8) is 0 Å². The quantitative estimate of drug-likeness (QED) is 0.788. The van der Waals surface area contributed by atoms with Gasteiger partial charge in [-0.25, -0.2) is 0 Å². The van der Waals surface area contributed by atoms with Crippen LogP contribution in [0.25, 0.3) is 0 Å². The fourth-order valence-corrected chi connectivity index (χ4v) is 2.10. The molecule has 0 aliphatic heterocycles. The van der Waals surface area contributed by atoms with E-state index in [1.54, 1.807) is 6.07 Å². The van der Waals surface area contributed by atoms with Crippen molar-refractivity contribution < 1.29 is 9.59 Å². The van der Waals surface area contributed by atoms with Crippen LogP contribution in [-0.4, -0.2) is 24.9 Å². The molecule has 2 amide bonds. The van der Waals surface area contributed by atoms with Crippen LogP contribution in [0.3, 0.4) is 0 Å². The van der Waals surface area contributed by atoms with E-state index in [2.05, 4.69) is 33.2 Å². The largest absolute Gasteiger partial charge is 0.356 e. The molecule has 1 aromatic rings. The SMILES string of the molecule is CCNC(=O)CCNC(=O)c1cccc(C)c1I. The highest BCUT2D eigenvalue weighted by atomic mass is 127. The lowest BCUT2D eigenvalue weighted by molar-refractivity contribution is -0.120. The minimum absolute atomic E-state index is 0.0447. The molecular formula is C13H17IN2O2. The van der Waals surface area contributed by atoms with E-state index in [0.29, 0.717) is 25.1 Å². The highest BCUT2D eigenvalue weighted by Crippen LogP contribution is 2.16. The van der Waals surface area contributed by atoms with Crippen molar-refractivity contribution in [1.29, 1.82) is 0 Å². The monoisotopic (exact) mass is 360 g/mol. The van der Waals surface area contributed by atoms with E-state index >= 15 is 0 Å². The number of rotatable bonds is 5. The van der Waals surface area contributed by atoms with Gasteiger partial charge < -0.3 is 10.6 Å². The van der Waals surface area contributed by atoms with Crippen LogP contribution < -0.4 is 10.6 Å². The van der Waals surface area contributed by atoms with Gasteiger partial charge in [0.15, 0.2) is 0 Å². The third-order valence-corrected chi connectivity index (χ3v) is 3.88. The van der Waals surface area contributed by atoms with E-state index in [9.17, 15) is 9.59 Å². The summed E-state index contributed by atoms with van der Waals surface area (Å²) >= 11 is 2.16. The van der Waals surface area contributed by atoms with E-state index in [1.165, 1.54) is 0 Å². The van der Waals surface area contributed by atoms with E-state index in [-0.39, 0.29) is 11.8 Å². The first kappa shape index (κ1) is 14.9. The molecule has 0 heterocycles. The van der Waals surface area contributed by atoms with Gasteiger partial charge in [0.2, 0.25) is 5.91 Å². The van der Waals surface area contributed by atoms with E-state index in [4.69, 9.17) is 0 Å². The molecule has 0 atom stereocenters. The molecule has 2 N–H and O–H groups in total. The van der Waals surface area contributed by atoms with Gasteiger partial charge in [-0.1, -0.05) is 12.1 Å². The van der Waals surface area contributed by atoms with Crippen molar-refractivity contribution in [2.24, 2.45) is 0 Å². The van der Waals surface area contributed by atoms with Gasteiger partial charge in [0.25, 0.3) is 5.91 Å². The first-order chi connectivity index (χ1) is 8.56. The molecule has 1 rings (SSSR count). The zero-order valence-corrected chi connectivity index (χ0v) is 12.7. The van der Waals surface area contributed by atoms with Crippen molar-refractivity contribution >= 4 is 34.4 Å². The summed E-state index contributed by atoms with van der Waals surface area (Å²) in [6, 6.07) is 5.61. The Morgan fingerprint density at radius 2 is 2.00 bits per heavy atom. The Balaban J connectivity index is 2.51. The molecule has 1 aromatic carbocycles. The summed E-state index contributed by atoms with van der Waals surface area (Å²) < 4.78 is 0.950. The smallest absolute Gasteiger partial charge is 0.252 e. The van der Waals surface area contributed by atoms with Crippen LogP contribution in [0.2, 0.25) is 0 Å². The molecular weight excluding hydrogens is 343 g/mol. The minimum atomic E-state index is -0.132. The Bertz CT molecular complexity index is 447. The van der Waals surface area contributed by atoms with Crippen molar-refractivity contribution in [1.82, 2.24) is 10.6 Å². The van der Waals surface area contributed by atoms with Crippen LogP contribution in [0.15, 0.2) is 18.2 Å². The molecule has 0 bridgehead atoms. The van der Waals surface area contributed by atoms with Crippen LogP contribution in [0.1, 0.15) is 29.3 Å². The molecule has 0 unspecified atom stereocenters. The van der Waals surface area contributed by atoms with E-state index < -0.39 is 0 Å². The second-order valence-corrected chi connectivity index (χ2v) is 4.97. The second-order valence-electron chi connectivity index (χ2n) is 3.90. The Morgan fingerprint density at radius 3 is 2.67 bits per heavy atom. The number of aryl methyl sites for hydroxylation is 1. The lowest BCUT2D eigenvalue weighted by atomic mass is 10.1. The van der Waals surface area contributed by atoms with Crippen LogP contribution in [0.5, 0.6) is 0 Å². The number of hydrogen-bond donors (Lipinski definition) is 2. The Hall–Kier alpha value is -1.11. The standard InChI is InChI=1S/C13H17IN2O2/c1-3-15-11(17)7-8-16-13(18)10-6-4-5-9(2)12(10)14/h4-6H,3,7-8H2,1-2H3,(H,15,17)(H,16,18). The summed E-state index contributed by atoms with van der Waals surface area (Å²) in [6.07, 6.45) is 0.308. The average Bonchev–Trinajstić information content (AvgIpc) is 2.33. The number of hydrogen-bond acceptors (Lipinski definition) is 2. The fourth-order valence-electron chi connectivity index (χ4n) is 1.49. The molecule has 0 fully saturated rings. The number of carbonyl (C=O) groups is 2. The average molecular weight is 360 g/mol. The van der Waals surface area contributed by atoms with Crippen molar-refractivity contribution in [2.75, 3.05) is 13.1 Å². The normalized spacial score (nSPS) is 9.94. The van der Waals surface area contributed by atoms with Gasteiger partial charge in [-0.05, 0) is 48.1 Å². The van der Waals surface area contributed by atoms with Gasteiger partial charge in [-0.3, -0.25) is 9.59 Å². The first-order valence-electron chi connectivity index (χ1n) is 5.86. The molecule has 0 aliphatic carbocycles. The third kappa shape index (κ3) is 4.29. The van der Waals surface area contributed by atoms with E-state index in [1.807, 2.05) is 26.0 Å². The van der Waals surface area contributed by atoms with Crippen molar-refractivity contribution in [3.8, 4) is 0 Å². The summed E-state index contributed by atoms with van der Waals surface area (Å²) in [7, 11) is 0. The molecule has 4 nitrogen and oxygen atoms in total. The topological polar surface area (TPSA) is 58.2 Å². The lowest BCUT2D eigenvalue weighted by Crippen LogP contribution is -2.31. The fraction of sp³-hybridized carbons (Fsp3) is 0.385. The Morgan fingerprint density at radius 1 is 1.28 bits per heavy atom. The minimum Gasteiger partial charge on any atom is -0.356 e. The molecule has 0 spiro atoms. The molecule has 5 heteroatoms. The molecule has 0 aliphatic rings. The maximum Gasteiger partial charge on any atom is 0.252 e. The Labute approximate surface area is 121 Å². The van der Waals surface area contributed by atoms with Crippen LogP contribution >= 0.6 is 22.6 Å². The number of carbonyl (C=O) groups excluding carboxylic acids is 2. The number of amides is 2. The van der Waals surface area contributed by atoms with Gasteiger partial charge in [0.05, 0.1) is 5.56 Å². The molecule has 0 aromatic heterocycles. The van der Waals surface area contributed by atoms with Gasteiger partial charge in [0.1, 0.15) is 0 Å². The predicted molar refractivity (Wildman–Crippen MR) is 79.5 cm³/mol. The number of benzene rings is 1. The van der Waals surface area contributed by atoms with Gasteiger partial charge in [-0.15, -0.1) is 0 Å². The second kappa shape index (κ2) is 7.35. The summed E-state index contributed by atoms with van der Waals surface area (Å²) in [6.45, 7) is 4.80. The maximum absolute atomic E-state index is 11.9. The summed E-state index contributed by atoms with van der Waals surface area (Å²) in [5.74, 6) is -0.177. The van der Waals surface area contributed by atoms with Crippen LogP contribution in [0.4, 0.5) is 0 Å². The summed E-state index contributed by atoms with van der Waals surface area (Å²) in [5.41, 5.74) is 1.73. The maximum atomic E-state index is 11.9.